The molecule has 2 rings (SSSR count). The van der Waals surface area contributed by atoms with Crippen LogP contribution in [0.5, 0.6) is 5.75 Å². The van der Waals surface area contributed by atoms with Crippen molar-refractivity contribution in [2.45, 2.75) is 6.92 Å². The molecule has 114 valence electrons. The number of pyridine rings is 1. The number of benzene rings is 1. The molecule has 1 aromatic carbocycles. The van der Waals surface area contributed by atoms with Crippen LogP contribution in [-0.2, 0) is 0 Å². The van der Waals surface area contributed by atoms with Gasteiger partial charge in [-0.15, -0.1) is 0 Å². The molecule has 0 unspecified atom stereocenters. The van der Waals surface area contributed by atoms with Crippen LogP contribution in [0.15, 0.2) is 55.0 Å². The molecule has 0 fully saturated rings. The average molecular weight is 296 g/mol. The summed E-state index contributed by atoms with van der Waals surface area (Å²) in [5, 5.41) is 0. The third-order valence-electron chi connectivity index (χ3n) is 3.05. The van der Waals surface area contributed by atoms with Crippen LogP contribution in [-0.4, -0.2) is 36.4 Å². The zero-order valence-corrected chi connectivity index (χ0v) is 13.1. The molecule has 0 atom stereocenters. The predicted molar refractivity (Wildman–Crippen MR) is 87.8 cm³/mol. The second kappa shape index (κ2) is 7.41. The topological polar surface area (TPSA) is 42.4 Å². The summed E-state index contributed by atoms with van der Waals surface area (Å²) in [6.07, 6.45) is 5.20. The number of carbonyl (C=O) groups excluding carboxylic acids is 1. The number of carbonyl (C=O) groups is 1. The Hall–Kier alpha value is -2.62. The van der Waals surface area contributed by atoms with Gasteiger partial charge >= 0.3 is 0 Å². The number of rotatable bonds is 6. The van der Waals surface area contributed by atoms with Gasteiger partial charge in [0, 0.05) is 43.8 Å². The van der Waals surface area contributed by atoms with E-state index in [0.717, 1.165) is 11.3 Å². The molecule has 0 aliphatic heterocycles. The molecule has 4 heteroatoms. The summed E-state index contributed by atoms with van der Waals surface area (Å²) in [6.45, 7) is 2.54. The van der Waals surface area contributed by atoms with E-state index in [9.17, 15) is 4.79 Å². The van der Waals surface area contributed by atoms with Gasteiger partial charge < -0.3 is 9.64 Å². The van der Waals surface area contributed by atoms with Gasteiger partial charge in [-0.25, -0.2) is 0 Å². The molecule has 0 aliphatic carbocycles. The highest BCUT2D eigenvalue weighted by Gasteiger charge is 2.15. The minimum atomic E-state index is -0.0250. The summed E-state index contributed by atoms with van der Waals surface area (Å²) < 4.78 is 5.41. The second-order valence-electron chi connectivity index (χ2n) is 5.03. The maximum atomic E-state index is 12.8. The van der Waals surface area contributed by atoms with E-state index < -0.39 is 0 Å². The van der Waals surface area contributed by atoms with E-state index in [1.54, 1.807) is 24.5 Å². The quantitative estimate of drug-likeness (QED) is 0.606. The Morgan fingerprint density at radius 2 is 1.73 bits per heavy atom. The monoisotopic (exact) mass is 296 g/mol. The zero-order valence-electron chi connectivity index (χ0n) is 13.1. The average Bonchev–Trinajstić information content (AvgIpc) is 2.54. The highest BCUT2D eigenvalue weighted by molar-refractivity contribution is 6.28. The van der Waals surface area contributed by atoms with Crippen molar-refractivity contribution < 1.29 is 9.53 Å². The van der Waals surface area contributed by atoms with Gasteiger partial charge in [-0.05, 0) is 48.9 Å². The number of ketones is 1. The third-order valence-corrected chi connectivity index (χ3v) is 3.05. The van der Waals surface area contributed by atoms with Crippen molar-refractivity contribution in [1.29, 1.82) is 0 Å². The van der Waals surface area contributed by atoms with Crippen LogP contribution in [0.4, 0.5) is 0 Å². The zero-order chi connectivity index (χ0) is 15.9. The normalized spacial score (nSPS) is 11.1. The fourth-order valence-corrected chi connectivity index (χ4v) is 2.08. The molecule has 2 aromatic rings. The standard InChI is InChI=1S/C18H20N2O2/c1-4-22-16-7-5-15(6-8-16)18(21)17(13-20(2)3)14-9-11-19-12-10-14/h5-13H,4H2,1-3H3/b17-13+. The van der Waals surface area contributed by atoms with Crippen molar-refractivity contribution in [3.05, 3.63) is 66.1 Å². The minimum Gasteiger partial charge on any atom is -0.494 e. The summed E-state index contributed by atoms with van der Waals surface area (Å²) in [5.74, 6) is 0.740. The molecule has 0 spiro atoms. The number of ether oxygens (including phenoxy) is 1. The molecule has 4 nitrogen and oxygen atoms in total. The van der Waals surface area contributed by atoms with Crippen LogP contribution < -0.4 is 4.74 Å². The van der Waals surface area contributed by atoms with Crippen molar-refractivity contribution in [2.24, 2.45) is 0 Å². The van der Waals surface area contributed by atoms with E-state index >= 15 is 0 Å². The Balaban J connectivity index is 2.34. The first-order chi connectivity index (χ1) is 10.6. The summed E-state index contributed by atoms with van der Waals surface area (Å²) in [6, 6.07) is 10.9. The van der Waals surface area contributed by atoms with E-state index in [-0.39, 0.29) is 5.78 Å². The van der Waals surface area contributed by atoms with Crippen LogP contribution >= 0.6 is 0 Å². The van der Waals surface area contributed by atoms with Crippen molar-refractivity contribution in [3.63, 3.8) is 0 Å². The Bertz CT molecular complexity index is 647. The Morgan fingerprint density at radius 1 is 1.09 bits per heavy atom. The van der Waals surface area contributed by atoms with E-state index in [0.29, 0.717) is 17.7 Å². The first-order valence-electron chi connectivity index (χ1n) is 7.18. The van der Waals surface area contributed by atoms with Gasteiger partial charge in [0.15, 0.2) is 5.78 Å². The van der Waals surface area contributed by atoms with Gasteiger partial charge in [0.05, 0.1) is 6.61 Å². The van der Waals surface area contributed by atoms with Gasteiger partial charge in [-0.2, -0.15) is 0 Å². The first kappa shape index (κ1) is 15.8. The van der Waals surface area contributed by atoms with E-state index in [4.69, 9.17) is 4.74 Å². The van der Waals surface area contributed by atoms with Gasteiger partial charge in [-0.1, -0.05) is 0 Å². The van der Waals surface area contributed by atoms with Crippen LogP contribution in [0.25, 0.3) is 5.57 Å². The molecule has 22 heavy (non-hydrogen) atoms. The molecular weight excluding hydrogens is 276 g/mol. The molecule has 0 saturated carbocycles. The summed E-state index contributed by atoms with van der Waals surface area (Å²) in [4.78, 5) is 18.7. The van der Waals surface area contributed by atoms with Crippen molar-refractivity contribution in [3.8, 4) is 5.75 Å². The number of allylic oxidation sites excluding steroid dienone is 1. The summed E-state index contributed by atoms with van der Waals surface area (Å²) in [5.41, 5.74) is 2.12. The number of hydrogen-bond acceptors (Lipinski definition) is 4. The molecule has 1 heterocycles. The smallest absolute Gasteiger partial charge is 0.195 e. The van der Waals surface area contributed by atoms with E-state index in [1.807, 2.05) is 56.4 Å². The fourth-order valence-electron chi connectivity index (χ4n) is 2.08. The minimum absolute atomic E-state index is 0.0250. The first-order valence-corrected chi connectivity index (χ1v) is 7.18. The highest BCUT2D eigenvalue weighted by Crippen LogP contribution is 2.21. The molecular formula is C18H20N2O2. The maximum absolute atomic E-state index is 12.8. The molecule has 0 radical (unpaired) electrons. The lowest BCUT2D eigenvalue weighted by atomic mass is 9.98. The Kier molecular flexibility index (Phi) is 5.31. The lowest BCUT2D eigenvalue weighted by Crippen LogP contribution is -2.09. The van der Waals surface area contributed by atoms with Crippen LogP contribution in [0, 0.1) is 0 Å². The molecule has 0 bridgehead atoms. The van der Waals surface area contributed by atoms with Gasteiger partial charge in [0.25, 0.3) is 0 Å². The van der Waals surface area contributed by atoms with Gasteiger partial charge in [-0.3, -0.25) is 9.78 Å². The number of hydrogen-bond donors (Lipinski definition) is 0. The lowest BCUT2D eigenvalue weighted by Gasteiger charge is -2.12. The molecule has 0 N–H and O–H groups in total. The second-order valence-corrected chi connectivity index (χ2v) is 5.03. The molecule has 0 amide bonds. The van der Waals surface area contributed by atoms with E-state index in [1.165, 1.54) is 0 Å². The number of aromatic nitrogens is 1. The molecule has 0 aliphatic rings. The fraction of sp³-hybridized carbons (Fsp3) is 0.222. The van der Waals surface area contributed by atoms with Crippen molar-refractivity contribution >= 4 is 11.4 Å². The van der Waals surface area contributed by atoms with Crippen LogP contribution in [0.2, 0.25) is 0 Å². The summed E-state index contributed by atoms with van der Waals surface area (Å²) in [7, 11) is 3.79. The van der Waals surface area contributed by atoms with Gasteiger partial charge in [0.1, 0.15) is 5.75 Å². The van der Waals surface area contributed by atoms with Crippen LogP contribution in [0.3, 0.4) is 0 Å². The molecule has 0 saturated heterocycles. The maximum Gasteiger partial charge on any atom is 0.195 e. The van der Waals surface area contributed by atoms with Crippen molar-refractivity contribution in [1.82, 2.24) is 9.88 Å². The lowest BCUT2D eigenvalue weighted by molar-refractivity contribution is 0.105. The third kappa shape index (κ3) is 3.95. The van der Waals surface area contributed by atoms with Gasteiger partial charge in [0.2, 0.25) is 0 Å². The highest BCUT2D eigenvalue weighted by atomic mass is 16.5. The largest absolute Gasteiger partial charge is 0.494 e. The van der Waals surface area contributed by atoms with Crippen LogP contribution in [0.1, 0.15) is 22.8 Å². The SMILES string of the molecule is CCOc1ccc(C(=O)/C(=C/N(C)C)c2ccncc2)cc1. The number of nitrogens with zero attached hydrogens (tertiary/aromatic N) is 2. The summed E-state index contributed by atoms with van der Waals surface area (Å²) >= 11 is 0. The Morgan fingerprint density at radius 3 is 2.27 bits per heavy atom. The molecule has 1 aromatic heterocycles. The predicted octanol–water partition coefficient (Wildman–Crippen LogP) is 3.27. The Labute approximate surface area is 131 Å². The van der Waals surface area contributed by atoms with E-state index in [2.05, 4.69) is 4.98 Å². The van der Waals surface area contributed by atoms with Crippen molar-refractivity contribution in [2.75, 3.05) is 20.7 Å². The number of Topliss-reactive ketones (excluding diaryl/α,β-unsaturated/α-hetero) is 1.